The van der Waals surface area contributed by atoms with Gasteiger partial charge in [0.25, 0.3) is 11.1 Å². The molecule has 132 valence electrons. The Kier molecular flexibility index (Phi) is 4.07. The molecular formula is C20H13ClN4OS. The number of hydrogen-bond donors (Lipinski definition) is 1. The van der Waals surface area contributed by atoms with Crippen LogP contribution in [0.3, 0.4) is 0 Å². The smallest absolute Gasteiger partial charge is 0.277 e. The molecule has 0 aliphatic carbocycles. The van der Waals surface area contributed by atoms with Crippen LogP contribution in [-0.2, 0) is 5.75 Å². The predicted octanol–water partition coefficient (Wildman–Crippen LogP) is 5.71. The number of hydrogen-bond acceptors (Lipinski definition) is 5. The van der Waals surface area contributed by atoms with Gasteiger partial charge in [0.15, 0.2) is 0 Å². The molecule has 0 spiro atoms. The fraction of sp³-hybridized carbons (Fsp3) is 0.0500. The van der Waals surface area contributed by atoms with Gasteiger partial charge in [0.2, 0.25) is 0 Å². The number of rotatable bonds is 4. The molecule has 3 aromatic heterocycles. The van der Waals surface area contributed by atoms with Gasteiger partial charge in [-0.05, 0) is 29.8 Å². The molecule has 0 saturated carbocycles. The Morgan fingerprint density at radius 2 is 1.89 bits per heavy atom. The molecule has 0 bridgehead atoms. The number of thioether (sulfide) groups is 1. The second kappa shape index (κ2) is 6.72. The molecule has 0 unspecified atom stereocenters. The average molecular weight is 393 g/mol. The van der Waals surface area contributed by atoms with Gasteiger partial charge in [0.1, 0.15) is 0 Å². The minimum absolute atomic E-state index is 0.508. The molecule has 0 saturated heterocycles. The summed E-state index contributed by atoms with van der Waals surface area (Å²) in [4.78, 5) is 7.69. The fourth-order valence-corrected chi connectivity index (χ4v) is 4.04. The monoisotopic (exact) mass is 392 g/mol. The largest absolute Gasteiger partial charge is 0.411 e. The molecule has 7 heteroatoms. The van der Waals surface area contributed by atoms with Crippen LogP contribution in [0, 0.1) is 0 Å². The average Bonchev–Trinajstić information content (AvgIpc) is 3.34. The van der Waals surface area contributed by atoms with Crippen LogP contribution in [0.25, 0.3) is 33.3 Å². The second-order valence-corrected chi connectivity index (χ2v) is 7.35. The van der Waals surface area contributed by atoms with Gasteiger partial charge < -0.3 is 9.40 Å². The van der Waals surface area contributed by atoms with E-state index < -0.39 is 0 Å². The molecule has 2 aromatic carbocycles. The quantitative estimate of drug-likeness (QED) is 0.396. The Balaban J connectivity index is 1.41. The van der Waals surface area contributed by atoms with Crippen molar-refractivity contribution in [1.29, 1.82) is 0 Å². The van der Waals surface area contributed by atoms with Crippen molar-refractivity contribution in [3.63, 3.8) is 0 Å². The lowest BCUT2D eigenvalue weighted by molar-refractivity contribution is 0.466. The van der Waals surface area contributed by atoms with E-state index in [0.717, 1.165) is 32.9 Å². The molecule has 0 aliphatic rings. The first kappa shape index (κ1) is 16.4. The highest BCUT2D eigenvalue weighted by atomic mass is 35.5. The van der Waals surface area contributed by atoms with Crippen molar-refractivity contribution < 1.29 is 4.42 Å². The lowest BCUT2D eigenvalue weighted by Gasteiger charge is -2.05. The van der Waals surface area contributed by atoms with Crippen LogP contribution < -0.4 is 0 Å². The summed E-state index contributed by atoms with van der Waals surface area (Å²) < 4.78 is 5.87. The van der Waals surface area contributed by atoms with E-state index in [1.54, 1.807) is 6.20 Å². The fourth-order valence-electron chi connectivity index (χ4n) is 3.08. The summed E-state index contributed by atoms with van der Waals surface area (Å²) in [6.07, 6.45) is 3.66. The molecule has 0 amide bonds. The van der Waals surface area contributed by atoms with Gasteiger partial charge >= 0.3 is 0 Å². The third kappa shape index (κ3) is 2.97. The highest BCUT2D eigenvalue weighted by molar-refractivity contribution is 7.98. The van der Waals surface area contributed by atoms with Gasteiger partial charge in [-0.15, -0.1) is 10.2 Å². The molecule has 5 aromatic rings. The number of para-hydroxylation sites is 1. The van der Waals surface area contributed by atoms with Crippen molar-refractivity contribution in [3.8, 4) is 11.5 Å². The molecule has 0 atom stereocenters. The van der Waals surface area contributed by atoms with Crippen molar-refractivity contribution in [2.24, 2.45) is 0 Å². The van der Waals surface area contributed by atoms with E-state index in [1.165, 1.54) is 11.8 Å². The second-order valence-electron chi connectivity index (χ2n) is 6.02. The van der Waals surface area contributed by atoms with Crippen LogP contribution in [0.15, 0.2) is 70.6 Å². The summed E-state index contributed by atoms with van der Waals surface area (Å²) >= 11 is 7.75. The minimum Gasteiger partial charge on any atom is -0.411 e. The van der Waals surface area contributed by atoms with Crippen LogP contribution in [0.4, 0.5) is 0 Å². The SMILES string of the molecule is Clc1ccc(CSc2nnc(-c3c[nH]c4ccccc34)o2)c2ncccc12. The van der Waals surface area contributed by atoms with Crippen LogP contribution in [0.1, 0.15) is 5.56 Å². The number of aromatic nitrogens is 4. The number of nitrogens with one attached hydrogen (secondary N) is 1. The van der Waals surface area contributed by atoms with Gasteiger partial charge in [-0.3, -0.25) is 4.98 Å². The maximum atomic E-state index is 6.26. The van der Waals surface area contributed by atoms with Gasteiger partial charge in [-0.1, -0.05) is 47.6 Å². The van der Waals surface area contributed by atoms with E-state index in [4.69, 9.17) is 16.0 Å². The number of nitrogens with zero attached hydrogens (tertiary/aromatic N) is 3. The molecule has 5 rings (SSSR count). The zero-order chi connectivity index (χ0) is 18.2. The number of halogens is 1. The Labute approximate surface area is 163 Å². The summed E-state index contributed by atoms with van der Waals surface area (Å²) in [5.74, 6) is 1.18. The normalized spacial score (nSPS) is 11.4. The number of pyridine rings is 1. The van der Waals surface area contributed by atoms with E-state index >= 15 is 0 Å². The highest BCUT2D eigenvalue weighted by Gasteiger charge is 2.14. The Morgan fingerprint density at radius 1 is 1.00 bits per heavy atom. The Morgan fingerprint density at radius 3 is 2.85 bits per heavy atom. The van der Waals surface area contributed by atoms with Gasteiger partial charge in [0, 0.05) is 39.5 Å². The number of fused-ring (bicyclic) bond motifs is 2. The maximum Gasteiger partial charge on any atom is 0.277 e. The first-order valence-corrected chi connectivity index (χ1v) is 9.71. The summed E-state index contributed by atoms with van der Waals surface area (Å²) in [6, 6.07) is 15.8. The maximum absolute atomic E-state index is 6.26. The molecule has 0 radical (unpaired) electrons. The van der Waals surface area contributed by atoms with E-state index in [2.05, 4.69) is 20.2 Å². The standard InChI is InChI=1S/C20H13ClN4OS/c21-16-8-7-12(18-14(16)5-3-9-22-18)11-27-20-25-24-19(26-20)15-10-23-17-6-2-1-4-13(15)17/h1-10,23H,11H2. The highest BCUT2D eigenvalue weighted by Crippen LogP contribution is 2.32. The summed E-state index contributed by atoms with van der Waals surface area (Å²) in [5, 5.41) is 11.6. The molecule has 1 N–H and O–H groups in total. The van der Waals surface area contributed by atoms with Gasteiger partial charge in [-0.2, -0.15) is 0 Å². The molecule has 27 heavy (non-hydrogen) atoms. The third-order valence-corrected chi connectivity index (χ3v) is 5.57. The van der Waals surface area contributed by atoms with Crippen molar-refractivity contribution in [2.75, 3.05) is 0 Å². The molecule has 0 fully saturated rings. The number of aromatic amines is 1. The van der Waals surface area contributed by atoms with E-state index in [9.17, 15) is 0 Å². The summed E-state index contributed by atoms with van der Waals surface area (Å²) in [5.41, 5.74) is 3.92. The van der Waals surface area contributed by atoms with Crippen molar-refractivity contribution >= 4 is 45.2 Å². The molecule has 3 heterocycles. The lowest BCUT2D eigenvalue weighted by Crippen LogP contribution is -1.88. The summed E-state index contributed by atoms with van der Waals surface area (Å²) in [7, 11) is 0. The summed E-state index contributed by atoms with van der Waals surface area (Å²) in [6.45, 7) is 0. The third-order valence-electron chi connectivity index (χ3n) is 4.38. The number of benzene rings is 2. The predicted molar refractivity (Wildman–Crippen MR) is 108 cm³/mol. The van der Waals surface area contributed by atoms with Crippen LogP contribution >= 0.6 is 23.4 Å². The van der Waals surface area contributed by atoms with Crippen molar-refractivity contribution in [2.45, 2.75) is 11.0 Å². The van der Waals surface area contributed by atoms with Gasteiger partial charge in [-0.25, -0.2) is 0 Å². The zero-order valence-corrected chi connectivity index (χ0v) is 15.6. The van der Waals surface area contributed by atoms with Crippen molar-refractivity contribution in [3.05, 3.63) is 71.5 Å². The van der Waals surface area contributed by atoms with Crippen LogP contribution in [-0.4, -0.2) is 20.2 Å². The molecular weight excluding hydrogens is 380 g/mol. The van der Waals surface area contributed by atoms with E-state index in [0.29, 0.717) is 21.9 Å². The molecule has 0 aliphatic heterocycles. The van der Waals surface area contributed by atoms with Crippen LogP contribution in [0.2, 0.25) is 5.02 Å². The Bertz CT molecular complexity index is 1260. The first-order chi connectivity index (χ1) is 13.3. The Hall–Kier alpha value is -2.83. The van der Waals surface area contributed by atoms with Gasteiger partial charge in [0.05, 0.1) is 11.1 Å². The van der Waals surface area contributed by atoms with Crippen LogP contribution in [0.5, 0.6) is 0 Å². The lowest BCUT2D eigenvalue weighted by atomic mass is 10.1. The zero-order valence-electron chi connectivity index (χ0n) is 14.0. The topological polar surface area (TPSA) is 67.6 Å². The number of H-pyrrole nitrogens is 1. The van der Waals surface area contributed by atoms with E-state index in [1.807, 2.05) is 54.7 Å². The van der Waals surface area contributed by atoms with E-state index in [-0.39, 0.29) is 0 Å². The first-order valence-electron chi connectivity index (χ1n) is 8.34. The van der Waals surface area contributed by atoms with Crippen molar-refractivity contribution in [1.82, 2.24) is 20.2 Å². The minimum atomic E-state index is 0.508. The molecule has 5 nitrogen and oxygen atoms in total.